The van der Waals surface area contributed by atoms with Crippen LogP contribution in [0, 0.1) is 0 Å². The van der Waals surface area contributed by atoms with Gasteiger partial charge in [0.2, 0.25) is 0 Å². The molecule has 0 aromatic rings. The largest absolute Gasteiger partial charge is 0.393 e. The molecule has 1 saturated carbocycles. The van der Waals surface area contributed by atoms with Gasteiger partial charge in [-0.1, -0.05) is 21.5 Å². The molecule has 0 aliphatic heterocycles. The molecule has 0 radical (unpaired) electrons. The van der Waals surface area contributed by atoms with Gasteiger partial charge in [0.15, 0.2) is 0 Å². The smallest absolute Gasteiger partial charge is 0.0577 e. The van der Waals surface area contributed by atoms with E-state index in [1.54, 1.807) is 0 Å². The van der Waals surface area contributed by atoms with Crippen molar-refractivity contribution >= 4 is 15.9 Å². The van der Waals surface area contributed by atoms with E-state index in [9.17, 15) is 0 Å². The van der Waals surface area contributed by atoms with Gasteiger partial charge in [0.25, 0.3) is 0 Å². The second-order valence-corrected chi connectivity index (χ2v) is 2.98. The molecule has 0 aromatic heterocycles. The Morgan fingerprint density at radius 2 is 2.44 bits per heavy atom. The second-order valence-electron chi connectivity index (χ2n) is 2.52. The number of aliphatic hydroxyl groups is 1. The van der Waals surface area contributed by atoms with Crippen molar-refractivity contribution in [3.05, 3.63) is 10.6 Å². The lowest BCUT2D eigenvalue weighted by Gasteiger charge is -2.18. The van der Waals surface area contributed by atoms with Crippen molar-refractivity contribution in [1.82, 2.24) is 0 Å². The maximum absolute atomic E-state index is 9.15. The zero-order valence-electron chi connectivity index (χ0n) is 5.31. The minimum atomic E-state index is -0.0810. The molecule has 0 unspecified atom stereocenters. The highest BCUT2D eigenvalue weighted by molar-refractivity contribution is 9.11. The number of hydrogen-bond acceptors (Lipinski definition) is 1. The number of rotatable bonds is 0. The highest BCUT2D eigenvalue weighted by Gasteiger charge is 2.12. The van der Waals surface area contributed by atoms with Gasteiger partial charge < -0.3 is 5.11 Å². The van der Waals surface area contributed by atoms with E-state index in [0.717, 1.165) is 25.7 Å². The summed E-state index contributed by atoms with van der Waals surface area (Å²) in [6.45, 7) is 0. The normalized spacial score (nSPS) is 33.1. The monoisotopic (exact) mass is 190 g/mol. The van der Waals surface area contributed by atoms with Crippen LogP contribution in [-0.2, 0) is 0 Å². The van der Waals surface area contributed by atoms with Crippen LogP contribution < -0.4 is 0 Å². The van der Waals surface area contributed by atoms with Crippen LogP contribution in [0.15, 0.2) is 10.6 Å². The van der Waals surface area contributed by atoms with Crippen LogP contribution in [0.1, 0.15) is 25.7 Å². The fraction of sp³-hybridized carbons (Fsp3) is 0.714. The Morgan fingerprint density at radius 3 is 2.89 bits per heavy atom. The summed E-state index contributed by atoms with van der Waals surface area (Å²) in [5.74, 6) is 0. The Labute approximate surface area is 63.9 Å². The summed E-state index contributed by atoms with van der Waals surface area (Å²) >= 11 is 3.27. The maximum atomic E-state index is 9.15. The molecule has 0 aromatic carbocycles. The van der Waals surface area contributed by atoms with E-state index >= 15 is 0 Å². The third kappa shape index (κ3) is 2.11. The molecule has 0 spiro atoms. The molecule has 1 N–H and O–H groups in total. The molecule has 0 saturated heterocycles. The zero-order valence-corrected chi connectivity index (χ0v) is 6.89. The molecule has 1 nitrogen and oxygen atoms in total. The van der Waals surface area contributed by atoms with Gasteiger partial charge in [-0.3, -0.25) is 0 Å². The molecule has 1 aliphatic carbocycles. The minimum absolute atomic E-state index is 0.0810. The Balaban J connectivity index is 2.41. The summed E-state index contributed by atoms with van der Waals surface area (Å²) in [6, 6.07) is 0. The molecule has 1 rings (SSSR count). The van der Waals surface area contributed by atoms with Crippen molar-refractivity contribution in [3.63, 3.8) is 0 Å². The molecule has 0 heterocycles. The van der Waals surface area contributed by atoms with Crippen LogP contribution in [-0.4, -0.2) is 11.2 Å². The van der Waals surface area contributed by atoms with Gasteiger partial charge in [0, 0.05) is 0 Å². The Hall–Kier alpha value is 0.180. The third-order valence-electron chi connectivity index (χ3n) is 1.69. The van der Waals surface area contributed by atoms with E-state index in [-0.39, 0.29) is 6.10 Å². The first-order chi connectivity index (χ1) is 4.33. The summed E-state index contributed by atoms with van der Waals surface area (Å²) in [5, 5.41) is 9.15. The van der Waals surface area contributed by atoms with Crippen molar-refractivity contribution in [2.24, 2.45) is 0 Å². The number of hydrogen-bond donors (Lipinski definition) is 1. The highest BCUT2D eigenvalue weighted by Crippen LogP contribution is 2.23. The Bertz CT molecular complexity index is 120. The summed E-state index contributed by atoms with van der Waals surface area (Å²) in [7, 11) is 0. The topological polar surface area (TPSA) is 20.2 Å². The van der Waals surface area contributed by atoms with Crippen molar-refractivity contribution < 1.29 is 5.11 Å². The third-order valence-corrected chi connectivity index (χ3v) is 2.33. The van der Waals surface area contributed by atoms with Crippen LogP contribution in [0.2, 0.25) is 0 Å². The van der Waals surface area contributed by atoms with Crippen molar-refractivity contribution in [2.75, 3.05) is 0 Å². The van der Waals surface area contributed by atoms with E-state index in [0.29, 0.717) is 0 Å². The van der Waals surface area contributed by atoms with E-state index in [1.165, 1.54) is 5.57 Å². The quantitative estimate of drug-likeness (QED) is 0.622. The van der Waals surface area contributed by atoms with Crippen LogP contribution in [0.3, 0.4) is 0 Å². The lowest BCUT2D eigenvalue weighted by Crippen LogP contribution is -2.12. The fourth-order valence-electron chi connectivity index (χ4n) is 1.17. The lowest BCUT2D eigenvalue weighted by atomic mass is 9.94. The van der Waals surface area contributed by atoms with Gasteiger partial charge in [-0.2, -0.15) is 0 Å². The molecule has 9 heavy (non-hydrogen) atoms. The van der Waals surface area contributed by atoms with Gasteiger partial charge >= 0.3 is 0 Å². The van der Waals surface area contributed by atoms with Crippen LogP contribution >= 0.6 is 15.9 Å². The first kappa shape index (κ1) is 7.29. The van der Waals surface area contributed by atoms with Crippen LogP contribution in [0.25, 0.3) is 0 Å². The summed E-state index contributed by atoms with van der Waals surface area (Å²) in [5.41, 5.74) is 1.34. The van der Waals surface area contributed by atoms with Gasteiger partial charge in [-0.15, -0.1) is 0 Å². The van der Waals surface area contributed by atoms with Gasteiger partial charge in [-0.25, -0.2) is 0 Å². The predicted octanol–water partition coefficient (Wildman–Crippen LogP) is 2.20. The van der Waals surface area contributed by atoms with E-state index in [4.69, 9.17) is 5.11 Å². The first-order valence-electron chi connectivity index (χ1n) is 3.29. The Kier molecular flexibility index (Phi) is 2.73. The zero-order chi connectivity index (χ0) is 6.69. The van der Waals surface area contributed by atoms with E-state index in [1.807, 2.05) is 4.99 Å². The summed E-state index contributed by atoms with van der Waals surface area (Å²) in [4.78, 5) is 1.94. The predicted molar refractivity (Wildman–Crippen MR) is 41.5 cm³/mol. The van der Waals surface area contributed by atoms with E-state index < -0.39 is 0 Å². The van der Waals surface area contributed by atoms with Gasteiger partial charge in [-0.05, 0) is 30.7 Å². The molecule has 52 valence electrons. The summed E-state index contributed by atoms with van der Waals surface area (Å²) < 4.78 is 0. The van der Waals surface area contributed by atoms with E-state index in [2.05, 4.69) is 15.9 Å². The molecule has 1 fully saturated rings. The SMILES string of the molecule is O[C@H]1CCC/C(=C/Br)C1. The number of halogens is 1. The Morgan fingerprint density at radius 1 is 1.67 bits per heavy atom. The molecule has 1 aliphatic rings. The molecular weight excluding hydrogens is 180 g/mol. The van der Waals surface area contributed by atoms with Crippen molar-refractivity contribution in [2.45, 2.75) is 31.8 Å². The van der Waals surface area contributed by atoms with Crippen LogP contribution in [0.4, 0.5) is 0 Å². The molecular formula is C7H11BrO. The second kappa shape index (κ2) is 3.37. The van der Waals surface area contributed by atoms with Crippen molar-refractivity contribution in [3.8, 4) is 0 Å². The lowest BCUT2D eigenvalue weighted by molar-refractivity contribution is 0.149. The average molecular weight is 191 g/mol. The molecule has 1 atom stereocenters. The molecule has 2 heteroatoms. The molecule has 0 amide bonds. The minimum Gasteiger partial charge on any atom is -0.393 e. The maximum Gasteiger partial charge on any atom is 0.0577 e. The first-order valence-corrected chi connectivity index (χ1v) is 4.20. The van der Waals surface area contributed by atoms with Gasteiger partial charge in [0.1, 0.15) is 0 Å². The summed E-state index contributed by atoms with van der Waals surface area (Å²) in [6.07, 6.45) is 4.05. The van der Waals surface area contributed by atoms with Gasteiger partial charge in [0.05, 0.1) is 6.10 Å². The fourth-order valence-corrected chi connectivity index (χ4v) is 1.59. The average Bonchev–Trinajstić information content (AvgIpc) is 1.88. The standard InChI is InChI=1S/C7H11BrO/c8-5-6-2-1-3-7(9)4-6/h5,7,9H,1-4H2/b6-5-/t7-/m0/s1. The van der Waals surface area contributed by atoms with Crippen LogP contribution in [0.5, 0.6) is 0 Å². The highest BCUT2D eigenvalue weighted by atomic mass is 79.9. The molecule has 0 bridgehead atoms. The number of aliphatic hydroxyl groups excluding tert-OH is 1. The van der Waals surface area contributed by atoms with Crippen molar-refractivity contribution in [1.29, 1.82) is 0 Å².